The van der Waals surface area contributed by atoms with Crippen LogP contribution in [0.15, 0.2) is 0 Å². The third-order valence-electron chi connectivity index (χ3n) is 3.49. The lowest BCUT2D eigenvalue weighted by Gasteiger charge is -2.34. The lowest BCUT2D eigenvalue weighted by molar-refractivity contribution is -0.151. The van der Waals surface area contributed by atoms with Gasteiger partial charge < -0.3 is 15.1 Å². The molecule has 0 saturated carbocycles. The summed E-state index contributed by atoms with van der Waals surface area (Å²) in [4.78, 5) is 25.1. The van der Waals surface area contributed by atoms with E-state index in [0.717, 1.165) is 0 Å². The van der Waals surface area contributed by atoms with Gasteiger partial charge in [0.25, 0.3) is 0 Å². The molecule has 0 aromatic heterocycles. The quantitative estimate of drug-likeness (QED) is 0.790. The van der Waals surface area contributed by atoms with Crippen molar-refractivity contribution in [2.75, 3.05) is 13.1 Å². The van der Waals surface area contributed by atoms with Crippen LogP contribution in [-0.2, 0) is 9.59 Å². The van der Waals surface area contributed by atoms with Gasteiger partial charge in [0.2, 0.25) is 5.91 Å². The maximum Gasteiger partial charge on any atom is 0.309 e. The van der Waals surface area contributed by atoms with Crippen molar-refractivity contribution in [3.63, 3.8) is 0 Å². The van der Waals surface area contributed by atoms with Gasteiger partial charge in [-0.2, -0.15) is 0 Å². The molecule has 18 heavy (non-hydrogen) atoms. The molecule has 1 unspecified atom stereocenters. The predicted molar refractivity (Wildman–Crippen MR) is 67.0 cm³/mol. The average molecular weight is 257 g/mol. The monoisotopic (exact) mass is 257 g/mol. The highest BCUT2D eigenvalue weighted by atomic mass is 16.4. The van der Waals surface area contributed by atoms with E-state index in [-0.39, 0.29) is 12.3 Å². The Balaban J connectivity index is 2.74. The van der Waals surface area contributed by atoms with Gasteiger partial charge in [0, 0.05) is 18.5 Å². The molecule has 1 aliphatic rings. The summed E-state index contributed by atoms with van der Waals surface area (Å²) in [7, 11) is 0. The molecule has 1 saturated heterocycles. The van der Waals surface area contributed by atoms with Crippen LogP contribution in [-0.4, -0.2) is 46.2 Å². The van der Waals surface area contributed by atoms with Crippen LogP contribution < -0.4 is 0 Å². The first-order valence-corrected chi connectivity index (χ1v) is 6.27. The highest BCUT2D eigenvalue weighted by Crippen LogP contribution is 2.36. The molecular formula is C13H23NO4. The van der Waals surface area contributed by atoms with Gasteiger partial charge in [-0.05, 0) is 26.7 Å². The van der Waals surface area contributed by atoms with E-state index in [1.54, 1.807) is 32.6 Å². The largest absolute Gasteiger partial charge is 0.481 e. The first-order chi connectivity index (χ1) is 8.06. The second kappa shape index (κ2) is 4.88. The van der Waals surface area contributed by atoms with Gasteiger partial charge >= 0.3 is 5.97 Å². The highest BCUT2D eigenvalue weighted by molar-refractivity contribution is 5.83. The molecule has 5 heteroatoms. The SMILES string of the molecule is CC(C)(CC(C)(C)C(=O)N1CCC(O)C1)C(=O)O. The molecule has 2 N–H and O–H groups in total. The fraction of sp³-hybridized carbons (Fsp3) is 0.846. The number of aliphatic hydroxyl groups is 1. The second-order valence-corrected chi connectivity index (χ2v) is 6.44. The number of carbonyl (C=O) groups is 2. The maximum atomic E-state index is 12.3. The van der Waals surface area contributed by atoms with Crippen LogP contribution in [0.2, 0.25) is 0 Å². The van der Waals surface area contributed by atoms with Crippen molar-refractivity contribution in [2.45, 2.75) is 46.6 Å². The van der Waals surface area contributed by atoms with E-state index in [1.807, 2.05) is 0 Å². The molecule has 1 rings (SSSR count). The lowest BCUT2D eigenvalue weighted by Crippen LogP contribution is -2.43. The van der Waals surface area contributed by atoms with E-state index < -0.39 is 22.9 Å². The van der Waals surface area contributed by atoms with Gasteiger partial charge in [-0.25, -0.2) is 0 Å². The van der Waals surface area contributed by atoms with Crippen LogP contribution in [0.1, 0.15) is 40.5 Å². The van der Waals surface area contributed by atoms with Gasteiger partial charge in [-0.1, -0.05) is 13.8 Å². The Morgan fingerprint density at radius 3 is 2.17 bits per heavy atom. The van der Waals surface area contributed by atoms with Gasteiger partial charge in [-0.15, -0.1) is 0 Å². The normalized spacial score (nSPS) is 21.2. The molecule has 1 fully saturated rings. The van der Waals surface area contributed by atoms with E-state index in [9.17, 15) is 14.7 Å². The summed E-state index contributed by atoms with van der Waals surface area (Å²) >= 11 is 0. The van der Waals surface area contributed by atoms with Crippen LogP contribution in [0.4, 0.5) is 0 Å². The summed E-state index contributed by atoms with van der Waals surface area (Å²) in [5.41, 5.74) is -1.66. The lowest BCUT2D eigenvalue weighted by atomic mass is 9.74. The number of β-amino-alcohol motifs (C(OH)–C–C–N with tert-alkyl or cyclic N) is 1. The fourth-order valence-corrected chi connectivity index (χ4v) is 2.61. The summed E-state index contributed by atoms with van der Waals surface area (Å²) in [6.07, 6.45) is 0.433. The van der Waals surface area contributed by atoms with Crippen LogP contribution in [0, 0.1) is 10.8 Å². The Morgan fingerprint density at radius 2 is 1.78 bits per heavy atom. The van der Waals surface area contributed by atoms with Gasteiger partial charge in [0.05, 0.1) is 11.5 Å². The van der Waals surface area contributed by atoms with E-state index in [2.05, 4.69) is 0 Å². The summed E-state index contributed by atoms with van der Waals surface area (Å²) in [6.45, 7) is 7.70. The molecule has 0 aliphatic carbocycles. The number of aliphatic carboxylic acids is 1. The van der Waals surface area contributed by atoms with Gasteiger partial charge in [-0.3, -0.25) is 9.59 Å². The van der Waals surface area contributed by atoms with E-state index in [4.69, 9.17) is 5.11 Å². The number of carboxylic acids is 1. The molecule has 0 aromatic rings. The number of amides is 1. The zero-order valence-corrected chi connectivity index (χ0v) is 11.6. The molecule has 5 nitrogen and oxygen atoms in total. The molecular weight excluding hydrogens is 234 g/mol. The van der Waals surface area contributed by atoms with Crippen molar-refractivity contribution in [1.29, 1.82) is 0 Å². The van der Waals surface area contributed by atoms with Crippen molar-refractivity contribution < 1.29 is 19.8 Å². The standard InChI is InChI=1S/C13H23NO4/c1-12(2,8-13(3,4)11(17)18)10(16)14-6-5-9(15)7-14/h9,15H,5-8H2,1-4H3,(H,17,18). The fourth-order valence-electron chi connectivity index (χ4n) is 2.61. The minimum atomic E-state index is -0.933. The minimum Gasteiger partial charge on any atom is -0.481 e. The van der Waals surface area contributed by atoms with Crippen LogP contribution in [0.3, 0.4) is 0 Å². The maximum absolute atomic E-state index is 12.3. The third-order valence-corrected chi connectivity index (χ3v) is 3.49. The van der Waals surface area contributed by atoms with E-state index in [1.165, 1.54) is 0 Å². The van der Waals surface area contributed by atoms with Gasteiger partial charge in [0.15, 0.2) is 0 Å². The minimum absolute atomic E-state index is 0.0756. The Morgan fingerprint density at radius 1 is 1.22 bits per heavy atom. The summed E-state index contributed by atoms with van der Waals surface area (Å²) in [5, 5.41) is 18.6. The second-order valence-electron chi connectivity index (χ2n) is 6.44. The summed E-state index contributed by atoms with van der Waals surface area (Å²) in [6, 6.07) is 0. The first kappa shape index (κ1) is 15.0. The number of hydrogen-bond donors (Lipinski definition) is 2. The summed E-state index contributed by atoms with van der Waals surface area (Å²) < 4.78 is 0. The van der Waals surface area contributed by atoms with Crippen molar-refractivity contribution >= 4 is 11.9 Å². The van der Waals surface area contributed by atoms with Crippen molar-refractivity contribution in [3.8, 4) is 0 Å². The Hall–Kier alpha value is -1.10. The molecule has 1 heterocycles. The van der Waals surface area contributed by atoms with Crippen molar-refractivity contribution in [1.82, 2.24) is 4.90 Å². The zero-order chi connectivity index (χ0) is 14.1. The first-order valence-electron chi connectivity index (χ1n) is 6.27. The van der Waals surface area contributed by atoms with E-state index >= 15 is 0 Å². The number of hydrogen-bond acceptors (Lipinski definition) is 3. The Bertz CT molecular complexity index is 349. The Labute approximate surface area is 108 Å². The number of carbonyl (C=O) groups excluding carboxylic acids is 1. The molecule has 1 amide bonds. The molecule has 0 bridgehead atoms. The number of nitrogens with zero attached hydrogens (tertiary/aromatic N) is 1. The highest BCUT2D eigenvalue weighted by Gasteiger charge is 2.41. The predicted octanol–water partition coefficient (Wildman–Crippen LogP) is 1.11. The van der Waals surface area contributed by atoms with Crippen LogP contribution >= 0.6 is 0 Å². The van der Waals surface area contributed by atoms with E-state index in [0.29, 0.717) is 19.5 Å². The molecule has 1 aliphatic heterocycles. The van der Waals surface area contributed by atoms with Crippen molar-refractivity contribution in [2.24, 2.45) is 10.8 Å². The molecule has 0 radical (unpaired) electrons. The number of carboxylic acid groups (broad SMARTS) is 1. The zero-order valence-electron chi connectivity index (χ0n) is 11.6. The number of likely N-dealkylation sites (tertiary alicyclic amines) is 1. The van der Waals surface area contributed by atoms with Crippen LogP contribution in [0.5, 0.6) is 0 Å². The molecule has 1 atom stereocenters. The topological polar surface area (TPSA) is 77.8 Å². The smallest absolute Gasteiger partial charge is 0.309 e. The third kappa shape index (κ3) is 3.22. The Kier molecular flexibility index (Phi) is 4.05. The average Bonchev–Trinajstić information content (AvgIpc) is 2.61. The van der Waals surface area contributed by atoms with Gasteiger partial charge in [0.1, 0.15) is 0 Å². The number of aliphatic hydroxyl groups excluding tert-OH is 1. The molecule has 0 aromatic carbocycles. The molecule has 104 valence electrons. The summed E-state index contributed by atoms with van der Waals surface area (Å²) in [5.74, 6) is -0.974. The molecule has 0 spiro atoms. The number of rotatable bonds is 4. The van der Waals surface area contributed by atoms with Crippen molar-refractivity contribution in [3.05, 3.63) is 0 Å². The van der Waals surface area contributed by atoms with Crippen LogP contribution in [0.25, 0.3) is 0 Å².